The Hall–Kier alpha value is -0.0800. The molecule has 2 rings (SSSR count). The third-order valence-corrected chi connectivity index (χ3v) is 3.43. The SMILES string of the molecule is CC1CC1NCCNC1CCCC1. The van der Waals surface area contributed by atoms with Crippen molar-refractivity contribution in [2.24, 2.45) is 5.92 Å². The van der Waals surface area contributed by atoms with E-state index in [1.165, 1.54) is 32.1 Å². The molecule has 0 aliphatic heterocycles. The zero-order chi connectivity index (χ0) is 9.10. The van der Waals surface area contributed by atoms with Gasteiger partial charge in [-0.1, -0.05) is 19.8 Å². The molecule has 0 aromatic rings. The van der Waals surface area contributed by atoms with E-state index in [2.05, 4.69) is 17.6 Å². The highest BCUT2D eigenvalue weighted by Crippen LogP contribution is 2.28. The van der Waals surface area contributed by atoms with Crippen molar-refractivity contribution in [3.63, 3.8) is 0 Å². The zero-order valence-electron chi connectivity index (χ0n) is 8.68. The summed E-state index contributed by atoms with van der Waals surface area (Å²) in [4.78, 5) is 0. The van der Waals surface area contributed by atoms with Gasteiger partial charge >= 0.3 is 0 Å². The molecule has 0 aromatic heterocycles. The predicted molar refractivity (Wildman–Crippen MR) is 55.8 cm³/mol. The lowest BCUT2D eigenvalue weighted by molar-refractivity contribution is 0.505. The van der Waals surface area contributed by atoms with Gasteiger partial charge in [0.15, 0.2) is 0 Å². The highest BCUT2D eigenvalue weighted by molar-refractivity contribution is 4.89. The molecule has 2 atom stereocenters. The Balaban J connectivity index is 1.44. The van der Waals surface area contributed by atoms with E-state index in [-0.39, 0.29) is 0 Å². The predicted octanol–water partition coefficient (Wildman–Crippen LogP) is 1.52. The van der Waals surface area contributed by atoms with E-state index in [1.54, 1.807) is 0 Å². The molecule has 0 aromatic carbocycles. The van der Waals surface area contributed by atoms with Gasteiger partial charge in [-0.2, -0.15) is 0 Å². The van der Waals surface area contributed by atoms with E-state index in [0.29, 0.717) is 0 Å². The minimum absolute atomic E-state index is 0.832. The van der Waals surface area contributed by atoms with Crippen molar-refractivity contribution in [3.8, 4) is 0 Å². The molecule has 0 radical (unpaired) electrons. The molecule has 2 unspecified atom stereocenters. The Morgan fingerprint density at radius 1 is 1.08 bits per heavy atom. The summed E-state index contributed by atoms with van der Waals surface area (Å²) >= 11 is 0. The standard InChI is InChI=1S/C11H22N2/c1-9-8-11(9)13-7-6-12-10-4-2-3-5-10/h9-13H,2-8H2,1H3. The number of hydrogen-bond donors (Lipinski definition) is 2. The summed E-state index contributed by atoms with van der Waals surface area (Å²) in [7, 11) is 0. The van der Waals surface area contributed by atoms with Crippen LogP contribution in [0.5, 0.6) is 0 Å². The van der Waals surface area contributed by atoms with Gasteiger partial charge in [0, 0.05) is 25.2 Å². The van der Waals surface area contributed by atoms with Crippen LogP contribution in [0.2, 0.25) is 0 Å². The Bertz CT molecular complexity index is 152. The number of rotatable bonds is 5. The van der Waals surface area contributed by atoms with Gasteiger partial charge in [0.05, 0.1) is 0 Å². The minimum atomic E-state index is 0.832. The van der Waals surface area contributed by atoms with Crippen molar-refractivity contribution in [1.82, 2.24) is 10.6 Å². The van der Waals surface area contributed by atoms with Crippen LogP contribution in [0.15, 0.2) is 0 Å². The van der Waals surface area contributed by atoms with Gasteiger partial charge < -0.3 is 10.6 Å². The van der Waals surface area contributed by atoms with Gasteiger partial charge in [-0.3, -0.25) is 0 Å². The fraction of sp³-hybridized carbons (Fsp3) is 1.00. The Morgan fingerprint density at radius 2 is 1.69 bits per heavy atom. The molecule has 0 spiro atoms. The molecule has 0 bridgehead atoms. The highest BCUT2D eigenvalue weighted by Gasteiger charge is 2.31. The van der Waals surface area contributed by atoms with E-state index >= 15 is 0 Å². The van der Waals surface area contributed by atoms with Crippen molar-refractivity contribution >= 4 is 0 Å². The quantitative estimate of drug-likeness (QED) is 0.630. The van der Waals surface area contributed by atoms with E-state index in [0.717, 1.165) is 31.1 Å². The first kappa shape index (κ1) is 9.47. The van der Waals surface area contributed by atoms with Crippen molar-refractivity contribution in [3.05, 3.63) is 0 Å². The van der Waals surface area contributed by atoms with Gasteiger partial charge in [0.2, 0.25) is 0 Å². The maximum Gasteiger partial charge on any atom is 0.00969 e. The first-order chi connectivity index (χ1) is 6.36. The van der Waals surface area contributed by atoms with Crippen LogP contribution in [0.4, 0.5) is 0 Å². The van der Waals surface area contributed by atoms with Crippen LogP contribution in [0.3, 0.4) is 0 Å². The third-order valence-electron chi connectivity index (χ3n) is 3.43. The van der Waals surface area contributed by atoms with Crippen LogP contribution in [-0.4, -0.2) is 25.2 Å². The average molecular weight is 182 g/mol. The summed E-state index contributed by atoms with van der Waals surface area (Å²) in [5, 5.41) is 7.18. The molecular formula is C11H22N2. The first-order valence-electron chi connectivity index (χ1n) is 5.83. The number of hydrogen-bond acceptors (Lipinski definition) is 2. The summed E-state index contributed by atoms with van der Waals surface area (Å²) in [6, 6.07) is 1.67. The van der Waals surface area contributed by atoms with Gasteiger partial charge in [0.1, 0.15) is 0 Å². The lowest BCUT2D eigenvalue weighted by Crippen LogP contribution is -2.34. The van der Waals surface area contributed by atoms with Crippen molar-refractivity contribution in [1.29, 1.82) is 0 Å². The van der Waals surface area contributed by atoms with Crippen LogP contribution >= 0.6 is 0 Å². The van der Waals surface area contributed by atoms with Crippen LogP contribution in [0, 0.1) is 5.92 Å². The zero-order valence-corrected chi connectivity index (χ0v) is 8.68. The highest BCUT2D eigenvalue weighted by atomic mass is 15.0. The first-order valence-corrected chi connectivity index (χ1v) is 5.83. The van der Waals surface area contributed by atoms with Gasteiger partial charge in [-0.05, 0) is 25.2 Å². The summed E-state index contributed by atoms with van der Waals surface area (Å²) < 4.78 is 0. The van der Waals surface area contributed by atoms with E-state index in [4.69, 9.17) is 0 Å². The molecule has 2 aliphatic rings. The lowest BCUT2D eigenvalue weighted by atomic mass is 10.2. The van der Waals surface area contributed by atoms with Crippen molar-refractivity contribution < 1.29 is 0 Å². The molecule has 2 N–H and O–H groups in total. The van der Waals surface area contributed by atoms with Crippen LogP contribution < -0.4 is 10.6 Å². The fourth-order valence-corrected chi connectivity index (χ4v) is 2.27. The van der Waals surface area contributed by atoms with Gasteiger partial charge in [0.25, 0.3) is 0 Å². The second-order valence-electron chi connectivity index (χ2n) is 4.71. The van der Waals surface area contributed by atoms with Crippen molar-refractivity contribution in [2.45, 2.75) is 51.1 Å². The molecule has 0 saturated heterocycles. The minimum Gasteiger partial charge on any atom is -0.313 e. The second-order valence-corrected chi connectivity index (χ2v) is 4.71. The molecular weight excluding hydrogens is 160 g/mol. The lowest BCUT2D eigenvalue weighted by Gasteiger charge is -2.11. The smallest absolute Gasteiger partial charge is 0.00969 e. The van der Waals surface area contributed by atoms with E-state index < -0.39 is 0 Å². The molecule has 2 nitrogen and oxygen atoms in total. The molecule has 2 aliphatic carbocycles. The van der Waals surface area contributed by atoms with E-state index in [9.17, 15) is 0 Å². The van der Waals surface area contributed by atoms with Crippen LogP contribution in [0.25, 0.3) is 0 Å². The molecule has 76 valence electrons. The molecule has 2 heteroatoms. The molecule has 2 saturated carbocycles. The van der Waals surface area contributed by atoms with Crippen molar-refractivity contribution in [2.75, 3.05) is 13.1 Å². The normalized spacial score (nSPS) is 33.9. The fourth-order valence-electron chi connectivity index (χ4n) is 2.27. The topological polar surface area (TPSA) is 24.1 Å². The van der Waals surface area contributed by atoms with Gasteiger partial charge in [-0.25, -0.2) is 0 Å². The third kappa shape index (κ3) is 2.96. The monoisotopic (exact) mass is 182 g/mol. The van der Waals surface area contributed by atoms with E-state index in [1.807, 2.05) is 0 Å². The van der Waals surface area contributed by atoms with Crippen LogP contribution in [0.1, 0.15) is 39.0 Å². The van der Waals surface area contributed by atoms with Gasteiger partial charge in [-0.15, -0.1) is 0 Å². The Labute approximate surface area is 81.5 Å². The molecule has 0 heterocycles. The summed E-state index contributed by atoms with van der Waals surface area (Å²) in [6.45, 7) is 4.64. The summed E-state index contributed by atoms with van der Waals surface area (Å²) in [6.07, 6.45) is 7.07. The van der Waals surface area contributed by atoms with Crippen LogP contribution in [-0.2, 0) is 0 Å². The Kier molecular flexibility index (Phi) is 3.23. The largest absolute Gasteiger partial charge is 0.313 e. The average Bonchev–Trinajstić information content (AvgIpc) is 2.67. The molecule has 0 amide bonds. The second kappa shape index (κ2) is 4.43. The molecule has 2 fully saturated rings. The summed E-state index contributed by atoms with van der Waals surface area (Å²) in [5.41, 5.74) is 0. The maximum absolute atomic E-state index is 3.62. The number of nitrogens with one attached hydrogen (secondary N) is 2. The molecule has 13 heavy (non-hydrogen) atoms. The summed E-state index contributed by atoms with van der Waals surface area (Å²) in [5.74, 6) is 0.937. The maximum atomic E-state index is 3.62. The Morgan fingerprint density at radius 3 is 2.31 bits per heavy atom.